The van der Waals surface area contributed by atoms with Crippen LogP contribution in [0.2, 0.25) is 0 Å². The van der Waals surface area contributed by atoms with Gasteiger partial charge < -0.3 is 20.5 Å². The van der Waals surface area contributed by atoms with Crippen LogP contribution in [0.5, 0.6) is 0 Å². The quantitative estimate of drug-likeness (QED) is 0.572. The number of benzene rings is 2. The molecule has 2 aromatic carbocycles. The fraction of sp³-hybridized carbons (Fsp3) is 0.263. The first-order valence-electron chi connectivity index (χ1n) is 8.22. The summed E-state index contributed by atoms with van der Waals surface area (Å²) in [6.45, 7) is 3.00. The highest BCUT2D eigenvalue weighted by Crippen LogP contribution is 2.24. The fourth-order valence-corrected chi connectivity index (χ4v) is 2.54. The molecule has 0 spiro atoms. The molecule has 1 unspecified atom stereocenters. The molecule has 0 bridgehead atoms. The van der Waals surface area contributed by atoms with Gasteiger partial charge in [0.2, 0.25) is 5.95 Å². The molecule has 0 fully saturated rings. The molecular weight excluding hydrogens is 316 g/mol. The van der Waals surface area contributed by atoms with Crippen molar-refractivity contribution < 1.29 is 9.84 Å². The van der Waals surface area contributed by atoms with Crippen molar-refractivity contribution in [1.82, 2.24) is 9.97 Å². The summed E-state index contributed by atoms with van der Waals surface area (Å²) < 4.78 is 5.09. The Morgan fingerprint density at radius 3 is 2.76 bits per heavy atom. The summed E-state index contributed by atoms with van der Waals surface area (Å²) in [5, 5.41) is 17.2. The molecule has 6 nitrogen and oxygen atoms in total. The van der Waals surface area contributed by atoms with Gasteiger partial charge in [-0.3, -0.25) is 0 Å². The van der Waals surface area contributed by atoms with Gasteiger partial charge >= 0.3 is 0 Å². The maximum Gasteiger partial charge on any atom is 0.229 e. The number of nitrogens with one attached hydrogen (secondary N) is 2. The van der Waals surface area contributed by atoms with Gasteiger partial charge in [0.25, 0.3) is 0 Å². The van der Waals surface area contributed by atoms with Crippen LogP contribution in [0.4, 0.5) is 17.5 Å². The van der Waals surface area contributed by atoms with Gasteiger partial charge in [0.15, 0.2) is 0 Å². The molecule has 0 amide bonds. The maximum absolute atomic E-state index is 9.74. The number of methoxy groups -OCH3 is 1. The van der Waals surface area contributed by atoms with E-state index in [4.69, 9.17) is 4.74 Å². The van der Waals surface area contributed by atoms with Crippen LogP contribution in [-0.2, 0) is 4.74 Å². The third kappa shape index (κ3) is 4.23. The number of aliphatic hydroxyl groups excluding tert-OH is 1. The zero-order valence-corrected chi connectivity index (χ0v) is 14.4. The van der Waals surface area contributed by atoms with Crippen LogP contribution in [0.15, 0.2) is 48.5 Å². The molecule has 1 heterocycles. The molecule has 130 valence electrons. The minimum absolute atomic E-state index is 0.501. The molecule has 3 N–H and O–H groups in total. The molecule has 0 aliphatic rings. The Labute approximate surface area is 146 Å². The molecule has 0 aliphatic carbocycles. The lowest BCUT2D eigenvalue weighted by Gasteiger charge is -2.12. The van der Waals surface area contributed by atoms with E-state index in [1.165, 1.54) is 0 Å². The standard InChI is InChI=1S/C19H22N4O2/c1-13(24)14-6-5-7-15(12-14)21-19-22-17-9-4-3-8-16(17)18(23-19)20-10-11-25-2/h3-9,12-13,24H,10-11H2,1-2H3,(H2,20,21,22,23). The molecular formula is C19H22N4O2. The predicted molar refractivity (Wildman–Crippen MR) is 100 cm³/mol. The molecule has 3 rings (SSSR count). The number of para-hydroxylation sites is 1. The van der Waals surface area contributed by atoms with E-state index in [9.17, 15) is 5.11 Å². The zero-order chi connectivity index (χ0) is 17.6. The third-order valence-corrected chi connectivity index (χ3v) is 3.83. The molecule has 1 aromatic heterocycles. The Hall–Kier alpha value is -2.70. The second-order valence-electron chi connectivity index (χ2n) is 5.76. The zero-order valence-electron chi connectivity index (χ0n) is 14.4. The second-order valence-corrected chi connectivity index (χ2v) is 5.76. The highest BCUT2D eigenvalue weighted by molar-refractivity contribution is 5.90. The number of aliphatic hydroxyl groups is 1. The van der Waals surface area contributed by atoms with Gasteiger partial charge in [-0.25, -0.2) is 4.98 Å². The minimum Gasteiger partial charge on any atom is -0.389 e. The van der Waals surface area contributed by atoms with Gasteiger partial charge in [0.05, 0.1) is 18.2 Å². The molecule has 0 aliphatic heterocycles. The van der Waals surface area contributed by atoms with Crippen molar-refractivity contribution in [2.75, 3.05) is 30.9 Å². The Kier molecular flexibility index (Phi) is 5.42. The average molecular weight is 338 g/mol. The molecule has 0 radical (unpaired) electrons. The number of ether oxygens (including phenoxy) is 1. The highest BCUT2D eigenvalue weighted by atomic mass is 16.5. The molecule has 3 aromatic rings. The van der Waals surface area contributed by atoms with E-state index in [2.05, 4.69) is 20.6 Å². The molecule has 0 saturated carbocycles. The third-order valence-electron chi connectivity index (χ3n) is 3.83. The number of aromatic nitrogens is 2. The second kappa shape index (κ2) is 7.92. The maximum atomic E-state index is 9.74. The van der Waals surface area contributed by atoms with Crippen LogP contribution in [0.1, 0.15) is 18.6 Å². The first-order chi connectivity index (χ1) is 12.2. The van der Waals surface area contributed by atoms with Crippen LogP contribution in [0.25, 0.3) is 10.9 Å². The smallest absolute Gasteiger partial charge is 0.229 e. The Balaban J connectivity index is 1.92. The van der Waals surface area contributed by atoms with Crippen molar-refractivity contribution in [3.05, 3.63) is 54.1 Å². The molecule has 6 heteroatoms. The monoisotopic (exact) mass is 338 g/mol. The SMILES string of the molecule is COCCNc1nc(Nc2cccc(C(C)O)c2)nc2ccccc12. The summed E-state index contributed by atoms with van der Waals surface area (Å²) in [7, 11) is 1.67. The molecule has 0 saturated heterocycles. The van der Waals surface area contributed by atoms with E-state index in [0.29, 0.717) is 19.1 Å². The first kappa shape index (κ1) is 17.1. The number of nitrogens with zero attached hydrogens (tertiary/aromatic N) is 2. The van der Waals surface area contributed by atoms with E-state index >= 15 is 0 Å². The average Bonchev–Trinajstić information content (AvgIpc) is 2.62. The summed E-state index contributed by atoms with van der Waals surface area (Å²) in [5.41, 5.74) is 2.52. The fourth-order valence-electron chi connectivity index (χ4n) is 2.54. The van der Waals surface area contributed by atoms with Crippen molar-refractivity contribution in [3.63, 3.8) is 0 Å². The number of hydrogen-bond donors (Lipinski definition) is 3. The predicted octanol–water partition coefficient (Wildman–Crippen LogP) is 3.49. The van der Waals surface area contributed by atoms with Crippen molar-refractivity contribution >= 4 is 28.4 Å². The van der Waals surface area contributed by atoms with Gasteiger partial charge in [-0.2, -0.15) is 4.98 Å². The van der Waals surface area contributed by atoms with E-state index < -0.39 is 6.10 Å². The summed E-state index contributed by atoms with van der Waals surface area (Å²) >= 11 is 0. The summed E-state index contributed by atoms with van der Waals surface area (Å²) in [5.74, 6) is 1.26. The lowest BCUT2D eigenvalue weighted by molar-refractivity contribution is 0.199. The summed E-state index contributed by atoms with van der Waals surface area (Å²) in [6, 6.07) is 15.4. The first-order valence-corrected chi connectivity index (χ1v) is 8.22. The summed E-state index contributed by atoms with van der Waals surface area (Å²) in [4.78, 5) is 9.17. The molecule has 25 heavy (non-hydrogen) atoms. The Morgan fingerprint density at radius 1 is 1.12 bits per heavy atom. The van der Waals surface area contributed by atoms with Crippen LogP contribution in [0, 0.1) is 0 Å². The van der Waals surface area contributed by atoms with E-state index in [1.54, 1.807) is 14.0 Å². The molecule has 1 atom stereocenters. The highest BCUT2D eigenvalue weighted by Gasteiger charge is 2.08. The van der Waals surface area contributed by atoms with Crippen molar-refractivity contribution in [2.24, 2.45) is 0 Å². The van der Waals surface area contributed by atoms with Crippen molar-refractivity contribution in [3.8, 4) is 0 Å². The number of fused-ring (bicyclic) bond motifs is 1. The van der Waals surface area contributed by atoms with Crippen molar-refractivity contribution in [1.29, 1.82) is 0 Å². The van der Waals surface area contributed by atoms with Crippen LogP contribution in [-0.4, -0.2) is 35.3 Å². The van der Waals surface area contributed by atoms with Gasteiger partial charge in [0.1, 0.15) is 5.82 Å². The number of hydrogen-bond acceptors (Lipinski definition) is 6. The van der Waals surface area contributed by atoms with Gasteiger partial charge in [-0.05, 0) is 36.8 Å². The van der Waals surface area contributed by atoms with Gasteiger partial charge in [-0.15, -0.1) is 0 Å². The van der Waals surface area contributed by atoms with Crippen molar-refractivity contribution in [2.45, 2.75) is 13.0 Å². The van der Waals surface area contributed by atoms with Crippen LogP contribution >= 0.6 is 0 Å². The number of rotatable bonds is 7. The lowest BCUT2D eigenvalue weighted by Crippen LogP contribution is -2.10. The largest absolute Gasteiger partial charge is 0.389 e. The topological polar surface area (TPSA) is 79.3 Å². The van der Waals surface area contributed by atoms with Gasteiger partial charge in [0, 0.05) is 24.7 Å². The van der Waals surface area contributed by atoms with E-state index in [0.717, 1.165) is 28.0 Å². The lowest BCUT2D eigenvalue weighted by atomic mass is 10.1. The van der Waals surface area contributed by atoms with Crippen LogP contribution < -0.4 is 10.6 Å². The Bertz CT molecular complexity index is 852. The normalized spacial score (nSPS) is 12.1. The minimum atomic E-state index is -0.523. The van der Waals surface area contributed by atoms with E-state index in [-0.39, 0.29) is 0 Å². The summed E-state index contributed by atoms with van der Waals surface area (Å²) in [6.07, 6.45) is -0.523. The Morgan fingerprint density at radius 2 is 1.96 bits per heavy atom. The van der Waals surface area contributed by atoms with Crippen LogP contribution in [0.3, 0.4) is 0 Å². The van der Waals surface area contributed by atoms with Gasteiger partial charge in [-0.1, -0.05) is 24.3 Å². The van der Waals surface area contributed by atoms with E-state index in [1.807, 2.05) is 48.5 Å². The number of anilines is 3.